The molecule has 142 valence electrons. The van der Waals surface area contributed by atoms with Gasteiger partial charge in [0, 0.05) is 19.1 Å². The van der Waals surface area contributed by atoms with E-state index in [1.807, 2.05) is 41.0 Å². The highest BCUT2D eigenvalue weighted by atomic mass is 16.1. The lowest BCUT2D eigenvalue weighted by Crippen LogP contribution is -2.38. The van der Waals surface area contributed by atoms with Crippen molar-refractivity contribution in [2.75, 3.05) is 18.0 Å². The second kappa shape index (κ2) is 6.63. The van der Waals surface area contributed by atoms with E-state index >= 15 is 0 Å². The van der Waals surface area contributed by atoms with Gasteiger partial charge >= 0.3 is 5.69 Å². The highest BCUT2D eigenvalue weighted by molar-refractivity contribution is 5.75. The smallest absolute Gasteiger partial charge is 0.326 e. The maximum atomic E-state index is 12.5. The van der Waals surface area contributed by atoms with Crippen LogP contribution in [0.4, 0.5) is 5.95 Å². The fourth-order valence-electron chi connectivity index (χ4n) is 3.99. The van der Waals surface area contributed by atoms with Gasteiger partial charge in [-0.2, -0.15) is 4.68 Å². The molecular formula is C20H21N7O. The number of aryl methyl sites for hydroxylation is 1. The molecule has 0 bridgehead atoms. The molecule has 1 aliphatic rings. The first kappa shape index (κ1) is 16.7. The number of nitrogens with one attached hydrogen (secondary N) is 1. The van der Waals surface area contributed by atoms with Crippen molar-refractivity contribution in [3.63, 3.8) is 0 Å². The van der Waals surface area contributed by atoms with Crippen LogP contribution in [0.25, 0.3) is 16.7 Å². The average Bonchev–Trinajstić information content (AvgIpc) is 3.33. The minimum atomic E-state index is -0.0378. The molecule has 0 amide bonds. The van der Waals surface area contributed by atoms with Crippen molar-refractivity contribution in [2.45, 2.75) is 25.8 Å². The number of rotatable bonds is 3. The zero-order valence-electron chi connectivity index (χ0n) is 15.6. The van der Waals surface area contributed by atoms with Gasteiger partial charge in [0.15, 0.2) is 0 Å². The summed E-state index contributed by atoms with van der Waals surface area (Å²) in [5.41, 5.74) is 3.96. The van der Waals surface area contributed by atoms with Crippen LogP contribution in [0, 0.1) is 6.92 Å². The first-order valence-electron chi connectivity index (χ1n) is 9.50. The molecule has 4 aromatic rings. The van der Waals surface area contributed by atoms with E-state index in [0.29, 0.717) is 0 Å². The van der Waals surface area contributed by atoms with E-state index in [1.54, 1.807) is 4.68 Å². The topological polar surface area (TPSA) is 84.6 Å². The summed E-state index contributed by atoms with van der Waals surface area (Å²) in [6.45, 7) is 3.65. The summed E-state index contributed by atoms with van der Waals surface area (Å²) < 4.78 is 3.67. The van der Waals surface area contributed by atoms with Crippen LogP contribution >= 0.6 is 0 Å². The number of anilines is 1. The third-order valence-corrected chi connectivity index (χ3v) is 5.47. The number of imidazole rings is 1. The summed E-state index contributed by atoms with van der Waals surface area (Å²) in [6.07, 6.45) is 1.73. The molecule has 8 heteroatoms. The van der Waals surface area contributed by atoms with Crippen LogP contribution in [0.15, 0.2) is 53.3 Å². The molecule has 0 spiro atoms. The van der Waals surface area contributed by atoms with Crippen LogP contribution in [-0.4, -0.2) is 42.8 Å². The Morgan fingerprint density at radius 1 is 1.04 bits per heavy atom. The van der Waals surface area contributed by atoms with Crippen molar-refractivity contribution in [2.24, 2.45) is 0 Å². The van der Waals surface area contributed by atoms with Gasteiger partial charge < -0.3 is 9.88 Å². The van der Waals surface area contributed by atoms with Gasteiger partial charge in [-0.1, -0.05) is 34.9 Å². The first-order chi connectivity index (χ1) is 13.7. The van der Waals surface area contributed by atoms with Gasteiger partial charge in [0.05, 0.1) is 16.7 Å². The van der Waals surface area contributed by atoms with Crippen LogP contribution in [0.2, 0.25) is 0 Å². The highest BCUT2D eigenvalue weighted by Crippen LogP contribution is 2.27. The number of fused-ring (bicyclic) bond motifs is 1. The highest BCUT2D eigenvalue weighted by Gasteiger charge is 2.26. The number of hydrogen-bond donors (Lipinski definition) is 1. The number of tetrazole rings is 1. The van der Waals surface area contributed by atoms with Crippen LogP contribution in [0.3, 0.4) is 0 Å². The summed E-state index contributed by atoms with van der Waals surface area (Å²) in [4.78, 5) is 17.6. The Kier molecular flexibility index (Phi) is 3.96. The van der Waals surface area contributed by atoms with Gasteiger partial charge in [0.1, 0.15) is 0 Å². The predicted octanol–water partition coefficient (Wildman–Crippen LogP) is 2.46. The number of piperidine rings is 1. The third kappa shape index (κ3) is 2.77. The molecule has 3 heterocycles. The first-order valence-corrected chi connectivity index (χ1v) is 9.50. The molecular weight excluding hydrogens is 354 g/mol. The summed E-state index contributed by atoms with van der Waals surface area (Å²) in [5, 5.41) is 12.3. The number of benzene rings is 2. The van der Waals surface area contributed by atoms with Crippen molar-refractivity contribution >= 4 is 17.0 Å². The van der Waals surface area contributed by atoms with E-state index in [1.165, 1.54) is 5.56 Å². The molecule has 8 nitrogen and oxygen atoms in total. The zero-order chi connectivity index (χ0) is 19.1. The van der Waals surface area contributed by atoms with E-state index < -0.39 is 0 Å². The van der Waals surface area contributed by atoms with E-state index in [2.05, 4.69) is 44.5 Å². The molecule has 1 N–H and O–H groups in total. The molecule has 1 aliphatic heterocycles. The Bertz CT molecular complexity index is 1160. The summed E-state index contributed by atoms with van der Waals surface area (Å²) in [5.74, 6) is 0.744. The van der Waals surface area contributed by atoms with Gasteiger partial charge in [0.25, 0.3) is 0 Å². The lowest BCUT2D eigenvalue weighted by atomic mass is 10.0. The number of nitrogens with zero attached hydrogens (tertiary/aromatic N) is 6. The molecule has 0 aliphatic carbocycles. The molecule has 2 aromatic carbocycles. The summed E-state index contributed by atoms with van der Waals surface area (Å²) >= 11 is 0. The summed E-state index contributed by atoms with van der Waals surface area (Å²) in [6, 6.07) is 16.2. The Hall–Kier alpha value is -3.42. The van der Waals surface area contributed by atoms with Crippen LogP contribution in [0.1, 0.15) is 24.4 Å². The minimum Gasteiger partial charge on any atom is -0.339 e. The molecule has 0 saturated carbocycles. The van der Waals surface area contributed by atoms with E-state index in [-0.39, 0.29) is 11.7 Å². The molecule has 0 radical (unpaired) electrons. The Balaban J connectivity index is 1.38. The van der Waals surface area contributed by atoms with Crippen molar-refractivity contribution < 1.29 is 0 Å². The Labute approximate surface area is 161 Å². The molecule has 1 fully saturated rings. The Morgan fingerprint density at radius 2 is 1.79 bits per heavy atom. The molecule has 1 saturated heterocycles. The quantitative estimate of drug-likeness (QED) is 0.595. The fourth-order valence-corrected chi connectivity index (χ4v) is 3.99. The largest absolute Gasteiger partial charge is 0.339 e. The number of H-pyrrole nitrogens is 1. The van der Waals surface area contributed by atoms with Crippen molar-refractivity contribution in [3.8, 4) is 5.69 Å². The third-order valence-electron chi connectivity index (χ3n) is 5.47. The number of aromatic amines is 1. The maximum absolute atomic E-state index is 12.5. The van der Waals surface area contributed by atoms with Crippen molar-refractivity contribution in [3.05, 3.63) is 64.6 Å². The Morgan fingerprint density at radius 3 is 2.57 bits per heavy atom. The monoisotopic (exact) mass is 375 g/mol. The van der Waals surface area contributed by atoms with Gasteiger partial charge in [-0.05, 0) is 54.5 Å². The lowest BCUT2D eigenvalue weighted by molar-refractivity contribution is 0.393. The fraction of sp³-hybridized carbons (Fsp3) is 0.300. The molecule has 28 heavy (non-hydrogen) atoms. The standard InChI is InChI=1S/C20H21N7O/c1-14-6-8-16(9-7-14)27-19(22-23-24-27)25-12-10-15(11-13-25)26-18-5-3-2-4-17(18)21-20(26)28/h2-9,15H,10-13H2,1H3,(H,21,28). The van der Waals surface area contributed by atoms with E-state index in [0.717, 1.165) is 48.6 Å². The van der Waals surface area contributed by atoms with Gasteiger partial charge in [-0.15, -0.1) is 0 Å². The van der Waals surface area contributed by atoms with Crippen LogP contribution in [-0.2, 0) is 0 Å². The molecule has 2 aromatic heterocycles. The van der Waals surface area contributed by atoms with Crippen molar-refractivity contribution in [1.29, 1.82) is 0 Å². The maximum Gasteiger partial charge on any atom is 0.326 e. The zero-order valence-corrected chi connectivity index (χ0v) is 15.6. The predicted molar refractivity (Wildman–Crippen MR) is 107 cm³/mol. The molecule has 0 atom stereocenters. The number of para-hydroxylation sites is 2. The molecule has 5 rings (SSSR count). The lowest BCUT2D eigenvalue weighted by Gasteiger charge is -2.32. The van der Waals surface area contributed by atoms with Gasteiger partial charge in [0.2, 0.25) is 5.95 Å². The normalized spacial score (nSPS) is 15.4. The second-order valence-electron chi connectivity index (χ2n) is 7.26. The molecule has 0 unspecified atom stereocenters. The van der Waals surface area contributed by atoms with Crippen molar-refractivity contribution in [1.82, 2.24) is 29.8 Å². The second-order valence-corrected chi connectivity index (χ2v) is 7.26. The van der Waals surface area contributed by atoms with Crippen LogP contribution in [0.5, 0.6) is 0 Å². The van der Waals surface area contributed by atoms with Gasteiger partial charge in [-0.25, -0.2) is 4.79 Å². The van der Waals surface area contributed by atoms with Gasteiger partial charge in [-0.3, -0.25) is 4.57 Å². The van der Waals surface area contributed by atoms with E-state index in [4.69, 9.17) is 0 Å². The number of aromatic nitrogens is 6. The van der Waals surface area contributed by atoms with Crippen LogP contribution < -0.4 is 10.6 Å². The minimum absolute atomic E-state index is 0.0378. The average molecular weight is 375 g/mol. The SMILES string of the molecule is Cc1ccc(-n2nnnc2N2CCC(n3c(=O)[nH]c4ccccc43)CC2)cc1. The van der Waals surface area contributed by atoms with E-state index in [9.17, 15) is 4.79 Å². The number of hydrogen-bond acceptors (Lipinski definition) is 5. The summed E-state index contributed by atoms with van der Waals surface area (Å²) in [7, 11) is 0.